The van der Waals surface area contributed by atoms with E-state index in [9.17, 15) is 14.0 Å². The first kappa shape index (κ1) is 13.1. The standard InChI is InChI=1S/C15H17FN2O2/c1-8-3-6-12(11(16)7-8)18-9(2)14(19)17-13(15(18)20)10-4-5-10/h3,6-7,9-10,13H,4-5H2,1-2H3,(H,17,19). The van der Waals surface area contributed by atoms with Gasteiger partial charge in [-0.1, -0.05) is 6.07 Å². The number of hydrogen-bond donors (Lipinski definition) is 1. The Hall–Kier alpha value is -1.91. The Kier molecular flexibility index (Phi) is 3.00. The molecule has 2 fully saturated rings. The summed E-state index contributed by atoms with van der Waals surface area (Å²) in [4.78, 5) is 25.9. The van der Waals surface area contributed by atoms with Crippen molar-refractivity contribution in [1.82, 2.24) is 5.32 Å². The van der Waals surface area contributed by atoms with Crippen molar-refractivity contribution in [2.45, 2.75) is 38.8 Å². The summed E-state index contributed by atoms with van der Waals surface area (Å²) in [6.07, 6.45) is 1.88. The van der Waals surface area contributed by atoms with Gasteiger partial charge in [-0.15, -0.1) is 0 Å². The molecule has 0 aromatic heterocycles. The lowest BCUT2D eigenvalue weighted by molar-refractivity contribution is -0.134. The number of amides is 2. The van der Waals surface area contributed by atoms with Gasteiger partial charge in [0.05, 0.1) is 5.69 Å². The smallest absolute Gasteiger partial charge is 0.250 e. The minimum absolute atomic E-state index is 0.189. The number of carbonyl (C=O) groups is 2. The first-order valence-electron chi connectivity index (χ1n) is 6.88. The van der Waals surface area contributed by atoms with Crippen molar-refractivity contribution in [2.24, 2.45) is 5.92 Å². The molecule has 2 unspecified atom stereocenters. The van der Waals surface area contributed by atoms with Gasteiger partial charge in [0.15, 0.2) is 0 Å². The van der Waals surface area contributed by atoms with Crippen LogP contribution in [0.3, 0.4) is 0 Å². The molecule has 2 amide bonds. The molecule has 20 heavy (non-hydrogen) atoms. The Morgan fingerprint density at radius 3 is 2.60 bits per heavy atom. The van der Waals surface area contributed by atoms with Crippen LogP contribution < -0.4 is 10.2 Å². The Balaban J connectivity index is 1.99. The van der Waals surface area contributed by atoms with Gasteiger partial charge in [-0.2, -0.15) is 0 Å². The second-order valence-corrected chi connectivity index (χ2v) is 5.66. The van der Waals surface area contributed by atoms with Gasteiger partial charge in [0.1, 0.15) is 17.9 Å². The number of nitrogens with one attached hydrogen (secondary N) is 1. The van der Waals surface area contributed by atoms with Gasteiger partial charge in [-0.25, -0.2) is 4.39 Å². The Morgan fingerprint density at radius 1 is 1.30 bits per heavy atom. The SMILES string of the molecule is Cc1ccc(N2C(=O)C(C3CC3)NC(=O)C2C)c(F)c1. The first-order valence-corrected chi connectivity index (χ1v) is 6.88. The van der Waals surface area contributed by atoms with E-state index in [1.54, 1.807) is 26.0 Å². The minimum Gasteiger partial charge on any atom is -0.342 e. The van der Waals surface area contributed by atoms with Gasteiger partial charge in [-0.05, 0) is 50.3 Å². The molecule has 5 heteroatoms. The van der Waals surface area contributed by atoms with Crippen LogP contribution in [0, 0.1) is 18.7 Å². The summed E-state index contributed by atoms with van der Waals surface area (Å²) >= 11 is 0. The summed E-state index contributed by atoms with van der Waals surface area (Å²) in [6, 6.07) is 3.52. The molecule has 1 aromatic rings. The van der Waals surface area contributed by atoms with Crippen molar-refractivity contribution < 1.29 is 14.0 Å². The molecule has 0 bridgehead atoms. The van der Waals surface area contributed by atoms with E-state index < -0.39 is 17.9 Å². The van der Waals surface area contributed by atoms with E-state index in [1.807, 2.05) is 0 Å². The molecule has 0 spiro atoms. The van der Waals surface area contributed by atoms with E-state index in [0.29, 0.717) is 0 Å². The molecule has 1 aliphatic heterocycles. The molecule has 106 valence electrons. The number of piperazine rings is 1. The van der Waals surface area contributed by atoms with Crippen LogP contribution in [0.1, 0.15) is 25.3 Å². The summed E-state index contributed by atoms with van der Waals surface area (Å²) in [6.45, 7) is 3.41. The fraction of sp³-hybridized carbons (Fsp3) is 0.467. The summed E-state index contributed by atoms with van der Waals surface area (Å²) < 4.78 is 14.1. The van der Waals surface area contributed by atoms with Crippen LogP contribution in [0.5, 0.6) is 0 Å². The van der Waals surface area contributed by atoms with Gasteiger partial charge in [0.25, 0.3) is 5.91 Å². The second kappa shape index (κ2) is 4.58. The van der Waals surface area contributed by atoms with Crippen LogP contribution in [0.25, 0.3) is 0 Å². The van der Waals surface area contributed by atoms with Crippen molar-refractivity contribution in [3.63, 3.8) is 0 Å². The Bertz CT molecular complexity index is 583. The van der Waals surface area contributed by atoms with E-state index in [-0.39, 0.29) is 23.4 Å². The van der Waals surface area contributed by atoms with Crippen LogP contribution in [-0.4, -0.2) is 23.9 Å². The van der Waals surface area contributed by atoms with Gasteiger partial charge in [0, 0.05) is 0 Å². The molecular formula is C15H17FN2O2. The van der Waals surface area contributed by atoms with E-state index in [1.165, 1.54) is 11.0 Å². The largest absolute Gasteiger partial charge is 0.342 e. The number of carbonyl (C=O) groups excluding carboxylic acids is 2. The molecule has 1 N–H and O–H groups in total. The topological polar surface area (TPSA) is 49.4 Å². The lowest BCUT2D eigenvalue weighted by Crippen LogP contribution is -2.63. The quantitative estimate of drug-likeness (QED) is 0.895. The number of hydrogen-bond acceptors (Lipinski definition) is 2. The molecule has 1 saturated heterocycles. The molecule has 3 rings (SSSR count). The molecule has 2 aliphatic rings. The molecule has 1 saturated carbocycles. The summed E-state index contributed by atoms with van der Waals surface area (Å²) in [5.41, 5.74) is 0.972. The number of aryl methyl sites for hydroxylation is 1. The third kappa shape index (κ3) is 2.07. The van der Waals surface area contributed by atoms with E-state index in [0.717, 1.165) is 18.4 Å². The summed E-state index contributed by atoms with van der Waals surface area (Å²) in [5.74, 6) is -0.687. The summed E-state index contributed by atoms with van der Waals surface area (Å²) in [7, 11) is 0. The first-order chi connectivity index (χ1) is 9.49. The average molecular weight is 276 g/mol. The highest BCUT2D eigenvalue weighted by Crippen LogP contribution is 2.36. The van der Waals surface area contributed by atoms with Crippen LogP contribution in [0.4, 0.5) is 10.1 Å². The number of anilines is 1. The molecule has 1 aliphatic carbocycles. The average Bonchev–Trinajstić information content (AvgIpc) is 3.21. The molecule has 4 nitrogen and oxygen atoms in total. The van der Waals surface area contributed by atoms with Crippen molar-refractivity contribution in [2.75, 3.05) is 4.90 Å². The number of benzene rings is 1. The third-order valence-corrected chi connectivity index (χ3v) is 4.02. The maximum atomic E-state index is 14.1. The van der Waals surface area contributed by atoms with Crippen LogP contribution in [-0.2, 0) is 9.59 Å². The zero-order valence-electron chi connectivity index (χ0n) is 11.5. The van der Waals surface area contributed by atoms with Gasteiger partial charge in [-0.3, -0.25) is 14.5 Å². The predicted octanol–water partition coefficient (Wildman–Crippen LogP) is 1.76. The van der Waals surface area contributed by atoms with Crippen LogP contribution in [0.15, 0.2) is 18.2 Å². The van der Waals surface area contributed by atoms with Crippen molar-refractivity contribution in [3.05, 3.63) is 29.6 Å². The molecule has 0 radical (unpaired) electrons. The zero-order chi connectivity index (χ0) is 14.4. The molecule has 1 heterocycles. The minimum atomic E-state index is -0.685. The lowest BCUT2D eigenvalue weighted by Gasteiger charge is -2.37. The van der Waals surface area contributed by atoms with Crippen molar-refractivity contribution in [3.8, 4) is 0 Å². The van der Waals surface area contributed by atoms with E-state index in [2.05, 4.69) is 5.32 Å². The molecular weight excluding hydrogens is 259 g/mol. The number of nitrogens with zero attached hydrogens (tertiary/aromatic N) is 1. The molecule has 1 aromatic carbocycles. The summed E-state index contributed by atoms with van der Waals surface area (Å²) in [5, 5.41) is 2.76. The highest BCUT2D eigenvalue weighted by atomic mass is 19.1. The van der Waals surface area contributed by atoms with E-state index in [4.69, 9.17) is 0 Å². The zero-order valence-corrected chi connectivity index (χ0v) is 11.5. The monoisotopic (exact) mass is 276 g/mol. The maximum absolute atomic E-state index is 14.1. The fourth-order valence-electron chi connectivity index (χ4n) is 2.68. The lowest BCUT2D eigenvalue weighted by atomic mass is 10.0. The van der Waals surface area contributed by atoms with Gasteiger partial charge < -0.3 is 5.32 Å². The van der Waals surface area contributed by atoms with Crippen molar-refractivity contribution in [1.29, 1.82) is 0 Å². The maximum Gasteiger partial charge on any atom is 0.250 e. The normalized spacial score (nSPS) is 26.6. The number of rotatable bonds is 2. The van der Waals surface area contributed by atoms with E-state index >= 15 is 0 Å². The Labute approximate surface area is 117 Å². The highest BCUT2D eigenvalue weighted by Gasteiger charge is 2.46. The van der Waals surface area contributed by atoms with Crippen LogP contribution >= 0.6 is 0 Å². The third-order valence-electron chi connectivity index (χ3n) is 4.02. The predicted molar refractivity (Wildman–Crippen MR) is 72.7 cm³/mol. The molecule has 2 atom stereocenters. The van der Waals surface area contributed by atoms with Crippen molar-refractivity contribution >= 4 is 17.5 Å². The van der Waals surface area contributed by atoms with Gasteiger partial charge in [0.2, 0.25) is 5.91 Å². The van der Waals surface area contributed by atoms with Gasteiger partial charge >= 0.3 is 0 Å². The fourth-order valence-corrected chi connectivity index (χ4v) is 2.68. The number of halogens is 1. The second-order valence-electron chi connectivity index (χ2n) is 5.66. The Morgan fingerprint density at radius 2 is 2.00 bits per heavy atom. The van der Waals surface area contributed by atoms with Crippen LogP contribution in [0.2, 0.25) is 0 Å². The highest BCUT2D eigenvalue weighted by molar-refractivity contribution is 6.08.